The van der Waals surface area contributed by atoms with Gasteiger partial charge in [-0.2, -0.15) is 5.26 Å². The highest BCUT2D eigenvalue weighted by molar-refractivity contribution is 5.84. The van der Waals surface area contributed by atoms with E-state index in [-0.39, 0.29) is 6.10 Å². The van der Waals surface area contributed by atoms with Gasteiger partial charge in [-0.25, -0.2) is 4.79 Å². The van der Waals surface area contributed by atoms with Gasteiger partial charge in [-0.15, -0.1) is 0 Å². The fraction of sp³-hybridized carbons (Fsp3) is 0.273. The van der Waals surface area contributed by atoms with Crippen molar-refractivity contribution in [3.63, 3.8) is 0 Å². The average Bonchev–Trinajstić information content (AvgIpc) is 2.25. The van der Waals surface area contributed by atoms with E-state index in [1.54, 1.807) is 24.3 Å². The molecule has 0 spiro atoms. The van der Waals surface area contributed by atoms with Gasteiger partial charge in [0.15, 0.2) is 0 Å². The zero-order valence-electron chi connectivity index (χ0n) is 8.56. The predicted molar refractivity (Wildman–Crippen MR) is 57.9 cm³/mol. The lowest BCUT2D eigenvalue weighted by atomic mass is 10.2. The van der Waals surface area contributed by atoms with Crippen LogP contribution in [0.5, 0.6) is 0 Å². The molecule has 1 heterocycles. The van der Waals surface area contributed by atoms with Crippen LogP contribution in [-0.4, -0.2) is 25.3 Å². The molecule has 0 saturated carbocycles. The third-order valence-electron chi connectivity index (χ3n) is 2.28. The molecule has 1 fully saturated rings. The Labute approximate surface area is 93.0 Å². The molecular formula is C11H11N3O2. The molecule has 0 unspecified atom stereocenters. The minimum absolute atomic E-state index is 0.0293. The summed E-state index contributed by atoms with van der Waals surface area (Å²) in [5, 5.41) is 14.2. The Balaban J connectivity index is 1.87. The van der Waals surface area contributed by atoms with Gasteiger partial charge in [-0.3, -0.25) is 5.32 Å². The monoisotopic (exact) mass is 217 g/mol. The molecular weight excluding hydrogens is 206 g/mol. The van der Waals surface area contributed by atoms with E-state index < -0.39 is 6.09 Å². The summed E-state index contributed by atoms with van der Waals surface area (Å²) in [7, 11) is 0. The Hall–Kier alpha value is -2.06. The molecule has 1 saturated heterocycles. The fourth-order valence-electron chi connectivity index (χ4n) is 1.27. The maximum Gasteiger partial charge on any atom is 0.411 e. The first kappa shape index (κ1) is 10.5. The van der Waals surface area contributed by atoms with Gasteiger partial charge in [0.2, 0.25) is 0 Å². The first-order valence-corrected chi connectivity index (χ1v) is 4.96. The number of hydrogen-bond acceptors (Lipinski definition) is 4. The van der Waals surface area contributed by atoms with Crippen molar-refractivity contribution in [2.75, 3.05) is 18.4 Å². The number of carbonyl (C=O) groups excluding carboxylic acids is 1. The summed E-state index contributed by atoms with van der Waals surface area (Å²) in [6, 6.07) is 8.62. The molecule has 82 valence electrons. The zero-order valence-corrected chi connectivity index (χ0v) is 8.56. The quantitative estimate of drug-likeness (QED) is 0.777. The van der Waals surface area contributed by atoms with Gasteiger partial charge in [-0.05, 0) is 24.3 Å². The fourth-order valence-corrected chi connectivity index (χ4v) is 1.27. The van der Waals surface area contributed by atoms with Gasteiger partial charge in [0, 0.05) is 18.8 Å². The Morgan fingerprint density at radius 2 is 2.12 bits per heavy atom. The number of benzene rings is 1. The average molecular weight is 217 g/mol. The summed E-state index contributed by atoms with van der Waals surface area (Å²) in [5.41, 5.74) is 1.18. The van der Waals surface area contributed by atoms with Gasteiger partial charge >= 0.3 is 6.09 Å². The second kappa shape index (κ2) is 4.64. The van der Waals surface area contributed by atoms with Crippen molar-refractivity contribution in [1.82, 2.24) is 5.32 Å². The highest BCUT2D eigenvalue weighted by Crippen LogP contribution is 2.10. The largest absolute Gasteiger partial charge is 0.443 e. The lowest BCUT2D eigenvalue weighted by molar-refractivity contribution is 0.0778. The summed E-state index contributed by atoms with van der Waals surface area (Å²) < 4.78 is 5.07. The van der Waals surface area contributed by atoms with Crippen LogP contribution in [0.15, 0.2) is 24.3 Å². The number of ether oxygens (including phenoxy) is 1. The molecule has 2 N–H and O–H groups in total. The third kappa shape index (κ3) is 2.49. The number of amides is 1. The Morgan fingerprint density at radius 3 is 2.62 bits per heavy atom. The topological polar surface area (TPSA) is 74.2 Å². The second-order valence-electron chi connectivity index (χ2n) is 3.50. The van der Waals surface area contributed by atoms with Crippen molar-refractivity contribution in [3.8, 4) is 6.07 Å². The third-order valence-corrected chi connectivity index (χ3v) is 2.28. The molecule has 5 heteroatoms. The van der Waals surface area contributed by atoms with Gasteiger partial charge in [0.1, 0.15) is 6.10 Å². The Kier molecular flexibility index (Phi) is 3.03. The molecule has 1 aliphatic rings. The standard InChI is InChI=1S/C11H11N3O2/c12-5-8-1-3-9(4-2-8)14-11(15)16-10-6-13-7-10/h1-4,10,13H,6-7H2,(H,14,15). The lowest BCUT2D eigenvalue weighted by Crippen LogP contribution is -2.49. The van der Waals surface area contributed by atoms with Crippen molar-refractivity contribution in [3.05, 3.63) is 29.8 Å². The van der Waals surface area contributed by atoms with Crippen LogP contribution in [0.4, 0.5) is 10.5 Å². The van der Waals surface area contributed by atoms with Crippen LogP contribution in [-0.2, 0) is 4.74 Å². The highest BCUT2D eigenvalue weighted by Gasteiger charge is 2.20. The molecule has 0 atom stereocenters. The van der Waals surface area contributed by atoms with Crippen LogP contribution in [0, 0.1) is 11.3 Å². The van der Waals surface area contributed by atoms with Crippen molar-refractivity contribution in [2.45, 2.75) is 6.10 Å². The predicted octanol–water partition coefficient (Wildman–Crippen LogP) is 1.08. The molecule has 2 rings (SSSR count). The van der Waals surface area contributed by atoms with Crippen molar-refractivity contribution in [2.24, 2.45) is 0 Å². The van der Waals surface area contributed by atoms with Crippen LogP contribution >= 0.6 is 0 Å². The normalized spacial score (nSPS) is 14.7. The second-order valence-corrected chi connectivity index (χ2v) is 3.50. The SMILES string of the molecule is N#Cc1ccc(NC(=O)OC2CNC2)cc1. The number of nitrogens with zero attached hydrogens (tertiary/aromatic N) is 1. The number of nitriles is 1. The van der Waals surface area contributed by atoms with Crippen molar-refractivity contribution >= 4 is 11.8 Å². The van der Waals surface area contributed by atoms with Crippen LogP contribution in [0.2, 0.25) is 0 Å². The van der Waals surface area contributed by atoms with Crippen LogP contribution in [0.3, 0.4) is 0 Å². The van der Waals surface area contributed by atoms with Crippen LogP contribution < -0.4 is 10.6 Å². The Bertz CT molecular complexity index is 418. The number of rotatable bonds is 2. The van der Waals surface area contributed by atoms with Gasteiger partial charge in [-0.1, -0.05) is 0 Å². The summed E-state index contributed by atoms with van der Waals surface area (Å²) in [5.74, 6) is 0. The molecule has 0 aromatic heterocycles. The minimum Gasteiger partial charge on any atom is -0.443 e. The van der Waals surface area contributed by atoms with Crippen molar-refractivity contribution in [1.29, 1.82) is 5.26 Å². The molecule has 0 aliphatic carbocycles. The number of hydrogen-bond donors (Lipinski definition) is 2. The highest BCUT2D eigenvalue weighted by atomic mass is 16.6. The van der Waals surface area contributed by atoms with E-state index in [1.807, 2.05) is 6.07 Å². The molecule has 5 nitrogen and oxygen atoms in total. The van der Waals surface area contributed by atoms with Gasteiger partial charge in [0.05, 0.1) is 11.6 Å². The van der Waals surface area contributed by atoms with E-state index in [2.05, 4.69) is 10.6 Å². The van der Waals surface area contributed by atoms with E-state index in [1.165, 1.54) is 0 Å². The molecule has 1 amide bonds. The summed E-state index contributed by atoms with van der Waals surface area (Å²) >= 11 is 0. The van der Waals surface area contributed by atoms with E-state index in [0.717, 1.165) is 0 Å². The van der Waals surface area contributed by atoms with Crippen LogP contribution in [0.1, 0.15) is 5.56 Å². The maximum atomic E-state index is 11.3. The smallest absolute Gasteiger partial charge is 0.411 e. The number of nitrogens with one attached hydrogen (secondary N) is 2. The molecule has 1 aliphatic heterocycles. The van der Waals surface area contributed by atoms with E-state index in [9.17, 15) is 4.79 Å². The molecule has 16 heavy (non-hydrogen) atoms. The van der Waals surface area contributed by atoms with Gasteiger partial charge in [0.25, 0.3) is 0 Å². The van der Waals surface area contributed by atoms with Gasteiger partial charge < -0.3 is 10.1 Å². The number of carbonyl (C=O) groups is 1. The molecule has 1 aromatic carbocycles. The summed E-state index contributed by atoms with van der Waals surface area (Å²) in [6.45, 7) is 1.42. The minimum atomic E-state index is -0.462. The molecule has 0 radical (unpaired) electrons. The van der Waals surface area contributed by atoms with E-state index in [4.69, 9.17) is 10.00 Å². The van der Waals surface area contributed by atoms with E-state index >= 15 is 0 Å². The zero-order chi connectivity index (χ0) is 11.4. The molecule has 0 bridgehead atoms. The lowest BCUT2D eigenvalue weighted by Gasteiger charge is -2.26. The first-order chi connectivity index (χ1) is 7.78. The summed E-state index contributed by atoms with van der Waals surface area (Å²) in [6.07, 6.45) is -0.491. The summed E-state index contributed by atoms with van der Waals surface area (Å²) in [4.78, 5) is 11.3. The molecule has 1 aromatic rings. The number of anilines is 1. The first-order valence-electron chi connectivity index (χ1n) is 4.96. The van der Waals surface area contributed by atoms with Crippen LogP contribution in [0.25, 0.3) is 0 Å². The Morgan fingerprint density at radius 1 is 1.44 bits per heavy atom. The maximum absolute atomic E-state index is 11.3. The van der Waals surface area contributed by atoms with Crippen molar-refractivity contribution < 1.29 is 9.53 Å². The van der Waals surface area contributed by atoms with E-state index in [0.29, 0.717) is 24.3 Å².